The maximum absolute atomic E-state index is 13.0. The summed E-state index contributed by atoms with van der Waals surface area (Å²) in [6, 6.07) is 13.4. The van der Waals surface area contributed by atoms with Gasteiger partial charge in [0.2, 0.25) is 0 Å². The van der Waals surface area contributed by atoms with E-state index in [0.717, 1.165) is 6.07 Å². The standard InChI is InChI=1S/C24H18N2O8/c1-33-24(30)15-9-7-14(8-10-15)20-19(21(27)16-4-2-5-17(12-16)26(31)32)22(28)23(29)25(20)13-18-6-3-11-34-18/h2-12,20,27H,13H2,1H3/b21-19+/t20-/m0/s1. The number of likely N-dealkylation sites (tertiary alicyclic amines) is 1. The monoisotopic (exact) mass is 462 g/mol. The molecule has 0 radical (unpaired) electrons. The number of hydrogen-bond donors (Lipinski definition) is 1. The number of Topliss-reactive ketones (excluding diaryl/α,β-unsaturated/α-hetero) is 1. The van der Waals surface area contributed by atoms with Gasteiger partial charge in [-0.3, -0.25) is 19.7 Å². The van der Waals surface area contributed by atoms with Crippen molar-refractivity contribution in [3.05, 3.63) is 105 Å². The van der Waals surface area contributed by atoms with Crippen molar-refractivity contribution in [1.82, 2.24) is 4.90 Å². The first-order chi connectivity index (χ1) is 16.3. The number of carbonyl (C=O) groups is 3. The normalized spacial score (nSPS) is 17.1. The van der Waals surface area contributed by atoms with E-state index in [1.807, 2.05) is 0 Å². The van der Waals surface area contributed by atoms with Crippen molar-refractivity contribution >= 4 is 29.1 Å². The van der Waals surface area contributed by atoms with Crippen molar-refractivity contribution in [2.45, 2.75) is 12.6 Å². The molecule has 1 atom stereocenters. The first kappa shape index (κ1) is 22.5. The molecular weight excluding hydrogens is 444 g/mol. The van der Waals surface area contributed by atoms with E-state index in [1.54, 1.807) is 24.3 Å². The number of benzene rings is 2. The Morgan fingerprint density at radius 1 is 1.12 bits per heavy atom. The summed E-state index contributed by atoms with van der Waals surface area (Å²) < 4.78 is 10.0. The van der Waals surface area contributed by atoms with Gasteiger partial charge in [-0.2, -0.15) is 0 Å². The Kier molecular flexibility index (Phi) is 5.96. The fourth-order valence-electron chi connectivity index (χ4n) is 3.80. The molecule has 1 N–H and O–H groups in total. The molecule has 0 bridgehead atoms. The van der Waals surface area contributed by atoms with Gasteiger partial charge in [0.1, 0.15) is 11.5 Å². The van der Waals surface area contributed by atoms with Crippen LogP contribution in [-0.2, 0) is 20.9 Å². The van der Waals surface area contributed by atoms with Crippen molar-refractivity contribution < 1.29 is 33.6 Å². The van der Waals surface area contributed by atoms with Gasteiger partial charge in [0.15, 0.2) is 0 Å². The van der Waals surface area contributed by atoms with E-state index in [4.69, 9.17) is 9.15 Å². The molecule has 1 saturated heterocycles. The minimum atomic E-state index is -1.03. The number of carbonyl (C=O) groups excluding carboxylic acids is 3. The predicted molar refractivity (Wildman–Crippen MR) is 117 cm³/mol. The van der Waals surface area contributed by atoms with Gasteiger partial charge in [-0.15, -0.1) is 0 Å². The van der Waals surface area contributed by atoms with Crippen LogP contribution in [0.15, 0.2) is 76.9 Å². The van der Waals surface area contributed by atoms with Crippen LogP contribution in [-0.4, -0.2) is 39.7 Å². The van der Waals surface area contributed by atoms with Crippen LogP contribution in [0.3, 0.4) is 0 Å². The summed E-state index contributed by atoms with van der Waals surface area (Å²) in [5.74, 6) is -2.52. The van der Waals surface area contributed by atoms with Crippen LogP contribution in [0.4, 0.5) is 5.69 Å². The number of nitrogens with zero attached hydrogens (tertiary/aromatic N) is 2. The number of methoxy groups -OCH3 is 1. The molecule has 10 heteroatoms. The largest absolute Gasteiger partial charge is 0.507 e. The van der Waals surface area contributed by atoms with E-state index in [-0.39, 0.29) is 28.9 Å². The third-order valence-corrected chi connectivity index (χ3v) is 5.42. The molecule has 0 unspecified atom stereocenters. The van der Waals surface area contributed by atoms with E-state index in [0.29, 0.717) is 11.3 Å². The number of non-ortho nitro benzene ring substituents is 1. The summed E-state index contributed by atoms with van der Waals surface area (Å²) >= 11 is 0. The number of aliphatic hydroxyl groups excluding tert-OH is 1. The molecule has 1 fully saturated rings. The number of ether oxygens (including phenoxy) is 1. The zero-order valence-electron chi connectivity index (χ0n) is 17.8. The minimum absolute atomic E-state index is 0.0152. The van der Waals surface area contributed by atoms with Gasteiger partial charge < -0.3 is 19.2 Å². The highest BCUT2D eigenvalue weighted by Gasteiger charge is 2.46. The van der Waals surface area contributed by atoms with Crippen LogP contribution in [0.1, 0.15) is 33.3 Å². The van der Waals surface area contributed by atoms with Crippen LogP contribution in [0.5, 0.6) is 0 Å². The number of rotatable bonds is 6. The first-order valence-corrected chi connectivity index (χ1v) is 10.1. The lowest BCUT2D eigenvalue weighted by Crippen LogP contribution is -2.29. The average molecular weight is 462 g/mol. The zero-order chi connectivity index (χ0) is 24.4. The summed E-state index contributed by atoms with van der Waals surface area (Å²) in [7, 11) is 1.24. The molecule has 0 spiro atoms. The number of nitro benzene ring substituents is 1. The molecule has 1 aliphatic heterocycles. The van der Waals surface area contributed by atoms with Crippen molar-refractivity contribution in [3.63, 3.8) is 0 Å². The smallest absolute Gasteiger partial charge is 0.337 e. The van der Waals surface area contributed by atoms with Gasteiger partial charge in [0.25, 0.3) is 17.4 Å². The molecule has 1 aromatic heterocycles. The summed E-state index contributed by atoms with van der Waals surface area (Å²) in [6.45, 7) is -0.0628. The molecular formula is C24H18N2O8. The number of amides is 1. The van der Waals surface area contributed by atoms with Crippen LogP contribution in [0.25, 0.3) is 5.76 Å². The summed E-state index contributed by atoms with van der Waals surface area (Å²) in [5, 5.41) is 22.2. The number of aliphatic hydroxyl groups is 1. The lowest BCUT2D eigenvalue weighted by Gasteiger charge is -2.24. The number of nitro groups is 1. The predicted octanol–water partition coefficient (Wildman–Crippen LogP) is 3.60. The fraction of sp³-hybridized carbons (Fsp3) is 0.125. The Morgan fingerprint density at radius 3 is 2.47 bits per heavy atom. The molecule has 10 nitrogen and oxygen atoms in total. The number of hydrogen-bond acceptors (Lipinski definition) is 8. The first-order valence-electron chi connectivity index (χ1n) is 10.1. The third-order valence-electron chi connectivity index (χ3n) is 5.42. The lowest BCUT2D eigenvalue weighted by molar-refractivity contribution is -0.384. The second-order valence-electron chi connectivity index (χ2n) is 7.43. The molecule has 4 rings (SSSR count). The molecule has 1 amide bonds. The number of furan rings is 1. The lowest BCUT2D eigenvalue weighted by atomic mass is 9.94. The molecule has 1 aliphatic rings. The Hall–Kier alpha value is -4.73. The Balaban J connectivity index is 1.86. The highest BCUT2D eigenvalue weighted by molar-refractivity contribution is 6.46. The van der Waals surface area contributed by atoms with Crippen LogP contribution >= 0.6 is 0 Å². The Labute approximate surface area is 192 Å². The van der Waals surface area contributed by atoms with E-state index < -0.39 is 34.4 Å². The molecule has 3 aromatic rings. The van der Waals surface area contributed by atoms with Crippen molar-refractivity contribution in [1.29, 1.82) is 0 Å². The van der Waals surface area contributed by atoms with Crippen LogP contribution in [0, 0.1) is 10.1 Å². The maximum atomic E-state index is 13.0. The fourth-order valence-corrected chi connectivity index (χ4v) is 3.80. The van der Waals surface area contributed by atoms with E-state index in [2.05, 4.69) is 0 Å². The molecule has 2 aromatic carbocycles. The topological polar surface area (TPSA) is 140 Å². The highest BCUT2D eigenvalue weighted by Crippen LogP contribution is 2.40. The van der Waals surface area contributed by atoms with Gasteiger partial charge in [0.05, 0.1) is 42.0 Å². The van der Waals surface area contributed by atoms with Gasteiger partial charge >= 0.3 is 5.97 Å². The zero-order valence-corrected chi connectivity index (χ0v) is 17.8. The van der Waals surface area contributed by atoms with E-state index >= 15 is 0 Å². The van der Waals surface area contributed by atoms with Gasteiger partial charge in [-0.1, -0.05) is 24.3 Å². The summed E-state index contributed by atoms with van der Waals surface area (Å²) in [6.07, 6.45) is 1.43. The summed E-state index contributed by atoms with van der Waals surface area (Å²) in [5.41, 5.74) is 0.190. The van der Waals surface area contributed by atoms with Crippen molar-refractivity contribution in [3.8, 4) is 0 Å². The summed E-state index contributed by atoms with van der Waals surface area (Å²) in [4.78, 5) is 49.6. The average Bonchev–Trinajstić information content (AvgIpc) is 3.45. The minimum Gasteiger partial charge on any atom is -0.507 e. The van der Waals surface area contributed by atoms with E-state index in [1.165, 1.54) is 48.6 Å². The van der Waals surface area contributed by atoms with E-state index in [9.17, 15) is 29.6 Å². The maximum Gasteiger partial charge on any atom is 0.337 e. The molecule has 0 saturated carbocycles. The molecule has 2 heterocycles. The number of esters is 1. The van der Waals surface area contributed by atoms with Gasteiger partial charge in [0, 0.05) is 17.7 Å². The number of ketones is 1. The molecule has 0 aliphatic carbocycles. The third kappa shape index (κ3) is 4.04. The van der Waals surface area contributed by atoms with Crippen LogP contribution < -0.4 is 0 Å². The molecule has 34 heavy (non-hydrogen) atoms. The van der Waals surface area contributed by atoms with Crippen molar-refractivity contribution in [2.75, 3.05) is 7.11 Å². The SMILES string of the molecule is COC(=O)c1ccc([C@H]2/C(=C(\O)c3cccc([N+](=O)[O-])c3)C(=O)C(=O)N2Cc2ccco2)cc1. The highest BCUT2D eigenvalue weighted by atomic mass is 16.6. The van der Waals surface area contributed by atoms with Crippen LogP contribution in [0.2, 0.25) is 0 Å². The quantitative estimate of drug-likeness (QED) is 0.146. The second kappa shape index (κ2) is 9.02. The Morgan fingerprint density at radius 2 is 1.85 bits per heavy atom. The van der Waals surface area contributed by atoms with Gasteiger partial charge in [-0.25, -0.2) is 4.79 Å². The Bertz CT molecular complexity index is 1310. The van der Waals surface area contributed by atoms with Gasteiger partial charge in [-0.05, 0) is 29.8 Å². The second-order valence-corrected chi connectivity index (χ2v) is 7.43. The molecule has 172 valence electrons. The van der Waals surface area contributed by atoms with Crippen molar-refractivity contribution in [2.24, 2.45) is 0 Å².